The molecule has 20 heteroatoms. The zero-order chi connectivity index (χ0) is 73.4. The molecule has 8 nitrogen and oxygen atoms in total. The quantitative estimate of drug-likeness (QED) is 0.0237. The molecule has 0 unspecified atom stereocenters. The van der Waals surface area contributed by atoms with Crippen molar-refractivity contribution in [3.8, 4) is 0 Å². The van der Waals surface area contributed by atoms with Crippen LogP contribution in [0.2, 0.25) is 41.2 Å². The van der Waals surface area contributed by atoms with Crippen molar-refractivity contribution in [3.05, 3.63) is 211 Å². The molecule has 0 radical (unpaired) electrons. The van der Waals surface area contributed by atoms with Crippen molar-refractivity contribution >= 4 is 157 Å². The van der Waals surface area contributed by atoms with E-state index in [0.29, 0.717) is 41.2 Å². The Bertz CT molecular complexity index is 3650. The molecule has 4 aromatic heterocycles. The molecule has 104 heavy (non-hydrogen) atoms. The molecular formula is C84H114Br4Cl8N8. The van der Waals surface area contributed by atoms with Crippen LogP contribution >= 0.6 is 125 Å². The van der Waals surface area contributed by atoms with E-state index in [1.165, 1.54) is 221 Å². The highest BCUT2D eigenvalue weighted by molar-refractivity contribution is 9.09. The van der Waals surface area contributed by atoms with E-state index in [1.807, 2.05) is 4.57 Å². The van der Waals surface area contributed by atoms with E-state index in [-0.39, 0.29) is 34.0 Å². The molecule has 0 aliphatic carbocycles. The summed E-state index contributed by atoms with van der Waals surface area (Å²) >= 11 is 55.3. The van der Waals surface area contributed by atoms with E-state index in [4.69, 9.17) is 92.8 Å². The Morgan fingerprint density at radius 2 is 0.692 bits per heavy atom. The average Bonchev–Trinajstić information content (AvgIpc) is 1.47. The second-order valence-corrected chi connectivity index (χ2v) is 30.7. The van der Waals surface area contributed by atoms with Gasteiger partial charge in [-0.05, 0) is 140 Å². The second-order valence-electron chi connectivity index (χ2n) is 26.2. The van der Waals surface area contributed by atoms with Gasteiger partial charge in [-0.2, -0.15) is 0 Å². The van der Waals surface area contributed by atoms with Crippen LogP contribution in [0.5, 0.6) is 0 Å². The van der Waals surface area contributed by atoms with E-state index in [1.54, 1.807) is 6.33 Å². The van der Waals surface area contributed by atoms with Gasteiger partial charge in [-0.15, -0.1) is 0 Å². The van der Waals surface area contributed by atoms with Gasteiger partial charge in [0.05, 0.1) is 38.8 Å². The average molecular weight is 1840 g/mol. The minimum absolute atomic E-state index is 0. The lowest BCUT2D eigenvalue weighted by Crippen LogP contribution is -3.00. The number of imidazole rings is 4. The van der Waals surface area contributed by atoms with Gasteiger partial charge in [0.2, 0.25) is 12.7 Å². The molecule has 4 heterocycles. The zero-order valence-electron chi connectivity index (χ0n) is 62.0. The number of fused-ring (bicyclic) bond motifs is 3. The van der Waals surface area contributed by atoms with E-state index >= 15 is 0 Å². The molecule has 0 aliphatic heterocycles. The van der Waals surface area contributed by atoms with Crippen LogP contribution in [0, 0.1) is 0 Å². The van der Waals surface area contributed by atoms with Gasteiger partial charge in [0.25, 0.3) is 20.6 Å². The Kier molecular flexibility index (Phi) is 54.2. The molecule has 0 atom stereocenters. The number of nitrogens with zero attached hydrogens (tertiary/aromatic N) is 7. The monoisotopic (exact) mass is 1830 g/mol. The summed E-state index contributed by atoms with van der Waals surface area (Å²) < 4.78 is 10.3. The molecule has 0 saturated carbocycles. The smallest absolute Gasteiger partial charge is 0.255 e. The van der Waals surface area contributed by atoms with Gasteiger partial charge in [-0.3, -0.25) is 0 Å². The predicted molar refractivity (Wildman–Crippen MR) is 453 cm³/mol. The van der Waals surface area contributed by atoms with Gasteiger partial charge in [-0.1, -0.05) is 375 Å². The standard InChI is InChI=1S/2C24H31Cl2N2.C12H11Br.C12H20Cl2N2.C9H19Br.C3H2Cl2N2.2BrH/c2*1-2-3-4-5-6-7-10-17-27-19-28(24(26)23(27)25)18-16-21-14-11-13-20-12-8-9-15-22(20)21;13-9-8-11-6-3-5-10-4-1-2-7-12(10)11;1-2-3-4-5-6-7-8-9-16-10-15-11(13)12(16)14;1-2-3-4-5-6-7-8-9-10;4-2-3(5)7-1-6-2;;/h2*8-9,11-15,19H,2-7,10,16-18H2,1H3;1-7H,8-9H2;10H,2-9H2,1H3;2-9H2,1H3;1H,(H,6,7);2*1H/q2*+1;;;;;;/p-2. The Morgan fingerprint density at radius 1 is 0.346 bits per heavy atom. The topological polar surface area (TPSA) is 64.1 Å². The largest absolute Gasteiger partial charge is 1.00 e. The molecule has 10 aromatic rings. The van der Waals surface area contributed by atoms with Crippen molar-refractivity contribution in [3.63, 3.8) is 0 Å². The molecule has 0 amide bonds. The summed E-state index contributed by atoms with van der Waals surface area (Å²) in [6, 6.07) is 45.1. The van der Waals surface area contributed by atoms with Gasteiger partial charge < -0.3 is 43.5 Å². The van der Waals surface area contributed by atoms with Gasteiger partial charge in [0, 0.05) is 30.0 Å². The third kappa shape index (κ3) is 36.3. The molecule has 0 spiro atoms. The third-order valence-corrected chi connectivity index (χ3v) is 22.4. The minimum atomic E-state index is 0. The maximum absolute atomic E-state index is 6.51. The summed E-state index contributed by atoms with van der Waals surface area (Å²) in [5.74, 6) is 0. The van der Waals surface area contributed by atoms with Crippen molar-refractivity contribution in [2.45, 2.75) is 259 Å². The molecule has 6 aromatic carbocycles. The number of alkyl halides is 2. The molecule has 10 rings (SSSR count). The van der Waals surface area contributed by atoms with Crippen molar-refractivity contribution in [2.24, 2.45) is 0 Å². The van der Waals surface area contributed by atoms with Crippen LogP contribution in [-0.4, -0.2) is 39.3 Å². The van der Waals surface area contributed by atoms with E-state index in [9.17, 15) is 0 Å². The highest BCUT2D eigenvalue weighted by atomic mass is 79.9. The number of hydrogen-bond donors (Lipinski definition) is 1. The Balaban J connectivity index is 0.000000343. The zero-order valence-corrected chi connectivity index (χ0v) is 74.4. The third-order valence-electron chi connectivity index (χ3n) is 18.2. The Labute approximate surface area is 702 Å². The summed E-state index contributed by atoms with van der Waals surface area (Å²) in [5, 5.41) is 14.4. The van der Waals surface area contributed by atoms with Crippen LogP contribution in [0.3, 0.4) is 0 Å². The van der Waals surface area contributed by atoms with Crippen LogP contribution in [0.25, 0.3) is 32.3 Å². The van der Waals surface area contributed by atoms with Gasteiger partial charge >= 0.3 is 0 Å². The number of rotatable bonds is 39. The van der Waals surface area contributed by atoms with Crippen LogP contribution in [0.4, 0.5) is 0 Å². The predicted octanol–water partition coefficient (Wildman–Crippen LogP) is 23.0. The maximum Gasteiger partial charge on any atom is 0.255 e. The lowest BCUT2D eigenvalue weighted by molar-refractivity contribution is -0.694. The Hall–Kier alpha value is -2.82. The van der Waals surface area contributed by atoms with Crippen LogP contribution < -0.4 is 43.1 Å². The van der Waals surface area contributed by atoms with Gasteiger partial charge in [0.1, 0.15) is 10.3 Å². The normalized spacial score (nSPS) is 10.8. The summed E-state index contributed by atoms with van der Waals surface area (Å²) in [6.45, 7) is 13.5. The van der Waals surface area contributed by atoms with E-state index in [2.05, 4.69) is 233 Å². The highest BCUT2D eigenvalue weighted by Gasteiger charge is 2.22. The lowest BCUT2D eigenvalue weighted by atomic mass is 10.0. The van der Waals surface area contributed by atoms with Crippen molar-refractivity contribution in [1.82, 2.24) is 28.7 Å². The molecule has 0 aliphatic rings. The van der Waals surface area contributed by atoms with Crippen molar-refractivity contribution in [2.75, 3.05) is 10.7 Å². The number of aromatic amines is 1. The number of hydrogen-bond acceptors (Lipinski definition) is 2. The molecular weight excluding hydrogens is 1720 g/mol. The molecule has 1 N–H and O–H groups in total. The number of benzene rings is 6. The fraction of sp³-hybridized carbons (Fsp3) is 0.500. The molecule has 0 saturated heterocycles. The van der Waals surface area contributed by atoms with Crippen LogP contribution in [0.1, 0.15) is 224 Å². The maximum atomic E-state index is 6.51. The first-order valence-corrected chi connectivity index (χ1v) is 43.2. The summed E-state index contributed by atoms with van der Waals surface area (Å²) in [6.07, 6.45) is 47.4. The molecule has 0 fully saturated rings. The van der Waals surface area contributed by atoms with Crippen molar-refractivity contribution in [1.29, 1.82) is 0 Å². The van der Waals surface area contributed by atoms with Crippen LogP contribution in [-0.2, 0) is 52.0 Å². The van der Waals surface area contributed by atoms with Gasteiger partial charge in [0.15, 0.2) is 10.3 Å². The minimum Gasteiger partial charge on any atom is -1.00 e. The van der Waals surface area contributed by atoms with E-state index in [0.717, 1.165) is 76.6 Å². The first-order chi connectivity index (χ1) is 49.8. The number of halogens is 12. The molecule has 574 valence electrons. The summed E-state index contributed by atoms with van der Waals surface area (Å²) in [4.78, 5) is 10.1. The lowest BCUT2D eigenvalue weighted by Gasteiger charge is -2.05. The number of unbranched alkanes of at least 4 members (excludes halogenated alkanes) is 24. The van der Waals surface area contributed by atoms with Gasteiger partial charge in [-0.25, -0.2) is 28.2 Å². The first kappa shape index (κ1) is 95.4. The first-order valence-electron chi connectivity index (χ1n) is 37.9. The number of nitrogens with one attached hydrogen (secondary N) is 1. The van der Waals surface area contributed by atoms with Crippen molar-refractivity contribution < 1.29 is 43.1 Å². The Morgan fingerprint density at radius 3 is 1.02 bits per heavy atom. The molecule has 0 bridgehead atoms. The fourth-order valence-corrected chi connectivity index (χ4v) is 14.6. The van der Waals surface area contributed by atoms with E-state index < -0.39 is 0 Å². The SMILES string of the molecule is BrCCc1cccc2ccccc12.CCCCCCCCCBr.CCCCCCCCC[n+]1cn(CCc2cccc3ccccc23)c(Cl)c1Cl.CCCCCCCCC[n+]1cn(CCc2cccc3ccccc23)c(Cl)c1Cl.CCCCCCCCCn1cnc(Cl)c1Cl.Clc1nc[nH]c1Cl.[Br-].[Br-]. The fourth-order valence-electron chi connectivity index (χ4n) is 12.3. The number of aromatic nitrogens is 8. The second kappa shape index (κ2) is 59.1. The number of aryl methyl sites for hydroxylation is 8. The number of H-pyrrole nitrogens is 1. The highest BCUT2D eigenvalue weighted by Crippen LogP contribution is 2.27. The summed E-state index contributed by atoms with van der Waals surface area (Å²) in [7, 11) is 0. The summed E-state index contributed by atoms with van der Waals surface area (Å²) in [5.41, 5.74) is 4.12. The van der Waals surface area contributed by atoms with Crippen LogP contribution in [0.15, 0.2) is 153 Å².